The first-order chi connectivity index (χ1) is 13.6. The molecule has 0 bridgehead atoms. The van der Waals surface area contributed by atoms with E-state index in [9.17, 15) is 14.7 Å². The minimum Gasteiger partial charge on any atom is -0.481 e. The van der Waals surface area contributed by atoms with Gasteiger partial charge < -0.3 is 10.0 Å². The number of rotatable bonds is 19. The second-order valence-electron chi connectivity index (χ2n) is 7.82. The second-order valence-corrected chi connectivity index (χ2v) is 7.82. The lowest BCUT2D eigenvalue weighted by atomic mass is 9.97. The molecule has 4 heteroatoms. The number of carbonyl (C=O) groups is 2. The highest BCUT2D eigenvalue weighted by Crippen LogP contribution is 2.16. The van der Waals surface area contributed by atoms with Crippen LogP contribution in [0.4, 0.5) is 0 Å². The van der Waals surface area contributed by atoms with Crippen molar-refractivity contribution in [3.8, 4) is 0 Å². The summed E-state index contributed by atoms with van der Waals surface area (Å²) in [5.74, 6) is -1.45. The van der Waals surface area contributed by atoms with Crippen molar-refractivity contribution in [2.75, 3.05) is 13.1 Å². The van der Waals surface area contributed by atoms with E-state index < -0.39 is 11.9 Å². The number of hydrogen-bond acceptors (Lipinski definition) is 2. The Bertz CT molecular complexity index is 416. The molecule has 0 aromatic carbocycles. The van der Waals surface area contributed by atoms with Gasteiger partial charge in [0.05, 0.1) is 5.92 Å². The van der Waals surface area contributed by atoms with Crippen molar-refractivity contribution < 1.29 is 14.7 Å². The molecule has 0 heterocycles. The maximum atomic E-state index is 12.1. The van der Waals surface area contributed by atoms with Crippen LogP contribution in [0.15, 0.2) is 12.2 Å². The van der Waals surface area contributed by atoms with Crippen LogP contribution in [0.1, 0.15) is 111 Å². The Kier molecular flexibility index (Phi) is 18.1. The largest absolute Gasteiger partial charge is 0.481 e. The fraction of sp³-hybridized carbons (Fsp3) is 0.833. The summed E-state index contributed by atoms with van der Waals surface area (Å²) in [4.78, 5) is 25.2. The zero-order valence-electron chi connectivity index (χ0n) is 18.8. The summed E-state index contributed by atoms with van der Waals surface area (Å²) >= 11 is 0. The first-order valence-electron chi connectivity index (χ1n) is 11.7. The summed E-state index contributed by atoms with van der Waals surface area (Å²) < 4.78 is 0. The van der Waals surface area contributed by atoms with Gasteiger partial charge in [0.15, 0.2) is 0 Å². The molecule has 164 valence electrons. The Balaban J connectivity index is 3.74. The summed E-state index contributed by atoms with van der Waals surface area (Å²) in [6.07, 6.45) is 20.1. The third-order valence-corrected chi connectivity index (χ3v) is 5.45. The average molecular weight is 396 g/mol. The van der Waals surface area contributed by atoms with Crippen molar-refractivity contribution in [3.63, 3.8) is 0 Å². The predicted molar refractivity (Wildman–Crippen MR) is 119 cm³/mol. The zero-order chi connectivity index (χ0) is 21.0. The number of carbonyl (C=O) groups excluding carboxylic acids is 1. The second kappa shape index (κ2) is 19.0. The van der Waals surface area contributed by atoms with Crippen molar-refractivity contribution >= 4 is 11.9 Å². The van der Waals surface area contributed by atoms with E-state index in [4.69, 9.17) is 0 Å². The Morgan fingerprint density at radius 2 is 1.29 bits per heavy atom. The first-order valence-corrected chi connectivity index (χ1v) is 11.7. The monoisotopic (exact) mass is 395 g/mol. The van der Waals surface area contributed by atoms with Gasteiger partial charge in [0.2, 0.25) is 5.91 Å². The predicted octanol–water partition coefficient (Wildman–Crippen LogP) is 6.59. The van der Waals surface area contributed by atoms with Crippen molar-refractivity contribution in [2.24, 2.45) is 5.92 Å². The van der Waals surface area contributed by atoms with Crippen molar-refractivity contribution in [2.45, 2.75) is 111 Å². The Morgan fingerprint density at radius 1 is 0.786 bits per heavy atom. The molecule has 0 spiro atoms. The topological polar surface area (TPSA) is 57.6 Å². The smallest absolute Gasteiger partial charge is 0.307 e. The highest BCUT2D eigenvalue weighted by molar-refractivity contribution is 5.82. The molecule has 0 fully saturated rings. The molecule has 1 atom stereocenters. The zero-order valence-corrected chi connectivity index (χ0v) is 18.8. The van der Waals surface area contributed by atoms with E-state index in [1.165, 1.54) is 57.8 Å². The number of aliphatic carboxylic acids is 1. The van der Waals surface area contributed by atoms with Crippen LogP contribution < -0.4 is 0 Å². The Hall–Kier alpha value is -1.32. The molecule has 4 nitrogen and oxygen atoms in total. The molecule has 0 rings (SSSR count). The van der Waals surface area contributed by atoms with Crippen LogP contribution in [0.25, 0.3) is 0 Å². The lowest BCUT2D eigenvalue weighted by molar-refractivity contribution is -0.146. The van der Waals surface area contributed by atoms with Crippen LogP contribution in [0.3, 0.4) is 0 Å². The van der Waals surface area contributed by atoms with Crippen LogP contribution in [0.2, 0.25) is 0 Å². The molecule has 0 aromatic heterocycles. The molecule has 0 aliphatic carbocycles. The van der Waals surface area contributed by atoms with Gasteiger partial charge in [-0.05, 0) is 46.0 Å². The molecule has 0 aliphatic heterocycles. The van der Waals surface area contributed by atoms with Crippen molar-refractivity contribution in [1.82, 2.24) is 4.90 Å². The van der Waals surface area contributed by atoms with Crippen LogP contribution in [-0.2, 0) is 9.59 Å². The van der Waals surface area contributed by atoms with Gasteiger partial charge in [0.1, 0.15) is 0 Å². The van der Waals surface area contributed by atoms with E-state index in [1.807, 2.05) is 13.8 Å². The van der Waals surface area contributed by atoms with E-state index in [1.54, 1.807) is 4.90 Å². The van der Waals surface area contributed by atoms with E-state index in [0.717, 1.165) is 19.3 Å². The summed E-state index contributed by atoms with van der Waals surface area (Å²) in [7, 11) is 0. The fourth-order valence-corrected chi connectivity index (χ4v) is 3.52. The highest BCUT2D eigenvalue weighted by Gasteiger charge is 2.22. The molecule has 28 heavy (non-hydrogen) atoms. The molecule has 1 amide bonds. The van der Waals surface area contributed by atoms with Gasteiger partial charge in [-0.25, -0.2) is 0 Å². The van der Waals surface area contributed by atoms with Gasteiger partial charge in [-0.1, -0.05) is 70.4 Å². The minimum atomic E-state index is -0.848. The summed E-state index contributed by atoms with van der Waals surface area (Å²) in [5, 5.41) is 9.36. The summed E-state index contributed by atoms with van der Waals surface area (Å²) in [6.45, 7) is 7.39. The number of carboxylic acids is 1. The van der Waals surface area contributed by atoms with E-state index in [2.05, 4.69) is 19.1 Å². The van der Waals surface area contributed by atoms with Crippen LogP contribution in [0.5, 0.6) is 0 Å². The van der Waals surface area contributed by atoms with Gasteiger partial charge in [0, 0.05) is 19.5 Å². The lowest BCUT2D eigenvalue weighted by Gasteiger charge is -2.20. The summed E-state index contributed by atoms with van der Waals surface area (Å²) in [6, 6.07) is 0. The molecular weight excluding hydrogens is 350 g/mol. The lowest BCUT2D eigenvalue weighted by Crippen LogP contribution is -2.33. The average Bonchev–Trinajstić information content (AvgIpc) is 2.68. The maximum absolute atomic E-state index is 12.1. The molecule has 0 saturated carbocycles. The van der Waals surface area contributed by atoms with Crippen LogP contribution >= 0.6 is 0 Å². The maximum Gasteiger partial charge on any atom is 0.307 e. The van der Waals surface area contributed by atoms with Gasteiger partial charge in [0.25, 0.3) is 0 Å². The standard InChI is InChI=1S/C24H45NO3/c1-4-7-8-9-10-11-12-13-14-15-16-17-18-19-20-22(24(27)28)21-23(26)25(5-2)6-3/h16-17,22H,4-15,18-21H2,1-3H3,(H,27,28)/b17-16+. The normalized spacial score (nSPS) is 12.4. The minimum absolute atomic E-state index is 0.0432. The summed E-state index contributed by atoms with van der Waals surface area (Å²) in [5.41, 5.74) is 0. The number of amides is 1. The third kappa shape index (κ3) is 14.7. The number of allylic oxidation sites excluding steroid dienone is 2. The quantitative estimate of drug-likeness (QED) is 0.198. The van der Waals surface area contributed by atoms with E-state index in [0.29, 0.717) is 19.5 Å². The third-order valence-electron chi connectivity index (χ3n) is 5.45. The van der Waals surface area contributed by atoms with Crippen LogP contribution in [-0.4, -0.2) is 35.0 Å². The molecule has 0 radical (unpaired) electrons. The Labute approximate surface area is 173 Å². The van der Waals surface area contributed by atoms with Gasteiger partial charge >= 0.3 is 5.97 Å². The molecule has 1 N–H and O–H groups in total. The molecule has 1 unspecified atom stereocenters. The van der Waals surface area contributed by atoms with Gasteiger partial charge in [-0.15, -0.1) is 0 Å². The number of hydrogen-bond donors (Lipinski definition) is 1. The molecular formula is C24H45NO3. The highest BCUT2D eigenvalue weighted by atomic mass is 16.4. The molecule has 0 saturated heterocycles. The molecule has 0 aliphatic rings. The SMILES string of the molecule is CCCCCCCCCCC/C=C/CCCC(CC(=O)N(CC)CC)C(=O)O. The van der Waals surface area contributed by atoms with E-state index in [-0.39, 0.29) is 12.3 Å². The van der Waals surface area contributed by atoms with E-state index >= 15 is 0 Å². The number of nitrogens with zero attached hydrogens (tertiary/aromatic N) is 1. The van der Waals surface area contributed by atoms with Crippen molar-refractivity contribution in [3.05, 3.63) is 12.2 Å². The van der Waals surface area contributed by atoms with Gasteiger partial charge in [-0.3, -0.25) is 9.59 Å². The van der Waals surface area contributed by atoms with Crippen LogP contribution in [0, 0.1) is 5.92 Å². The first kappa shape index (κ1) is 26.7. The number of unbranched alkanes of at least 4 members (excludes halogenated alkanes) is 10. The number of carboxylic acid groups (broad SMARTS) is 1. The van der Waals surface area contributed by atoms with Crippen molar-refractivity contribution in [1.29, 1.82) is 0 Å². The van der Waals surface area contributed by atoms with Gasteiger partial charge in [-0.2, -0.15) is 0 Å². The Morgan fingerprint density at radius 3 is 1.79 bits per heavy atom. The fourth-order valence-electron chi connectivity index (χ4n) is 3.52. The molecule has 0 aromatic rings.